The summed E-state index contributed by atoms with van der Waals surface area (Å²) in [6, 6.07) is 8.53. The van der Waals surface area contributed by atoms with Crippen LogP contribution in [0.3, 0.4) is 0 Å². The van der Waals surface area contributed by atoms with Crippen molar-refractivity contribution in [3.05, 3.63) is 59.2 Å². The van der Waals surface area contributed by atoms with Gasteiger partial charge in [0.25, 0.3) is 0 Å². The van der Waals surface area contributed by atoms with Gasteiger partial charge in [0.2, 0.25) is 0 Å². The third-order valence-corrected chi connectivity index (χ3v) is 6.33. The van der Waals surface area contributed by atoms with Crippen molar-refractivity contribution in [2.45, 2.75) is 51.9 Å². The van der Waals surface area contributed by atoms with Crippen LogP contribution >= 0.6 is 11.3 Å². The molecule has 4 rings (SSSR count). The summed E-state index contributed by atoms with van der Waals surface area (Å²) in [5, 5.41) is 2.28. The van der Waals surface area contributed by atoms with Gasteiger partial charge in [-0.1, -0.05) is 34.6 Å². The van der Waals surface area contributed by atoms with Gasteiger partial charge in [-0.15, -0.1) is 11.3 Å². The van der Waals surface area contributed by atoms with Crippen molar-refractivity contribution in [2.24, 2.45) is 0 Å². The fraction of sp³-hybridized carbons (Fsp3) is 0.364. The van der Waals surface area contributed by atoms with Crippen LogP contribution in [-0.2, 0) is 17.3 Å². The largest absolute Gasteiger partial charge is 0.460 e. The Balaban J connectivity index is 1.66. The van der Waals surface area contributed by atoms with Crippen LogP contribution in [0.25, 0.3) is 21.1 Å². The molecular formula is C22H24N2OS. The summed E-state index contributed by atoms with van der Waals surface area (Å²) >= 11 is 1.87. The highest BCUT2D eigenvalue weighted by Crippen LogP contribution is 2.36. The maximum atomic E-state index is 6.08. The van der Waals surface area contributed by atoms with Crippen molar-refractivity contribution in [3.8, 4) is 0 Å². The average molecular weight is 365 g/mol. The Kier molecular flexibility index (Phi) is 3.92. The Morgan fingerprint density at radius 1 is 1.00 bits per heavy atom. The van der Waals surface area contributed by atoms with E-state index in [2.05, 4.69) is 57.8 Å². The lowest BCUT2D eigenvalue weighted by Crippen LogP contribution is -2.20. The lowest BCUT2D eigenvalue weighted by atomic mass is 9.85. The number of pyridine rings is 2. The summed E-state index contributed by atoms with van der Waals surface area (Å²) in [5.41, 5.74) is 2.03. The van der Waals surface area contributed by atoms with Crippen molar-refractivity contribution in [3.63, 3.8) is 0 Å². The molecule has 0 aromatic carbocycles. The van der Waals surface area contributed by atoms with Gasteiger partial charge < -0.3 is 4.42 Å². The minimum absolute atomic E-state index is 0.135. The van der Waals surface area contributed by atoms with Crippen LogP contribution in [0, 0.1) is 0 Å². The van der Waals surface area contributed by atoms with Crippen molar-refractivity contribution >= 4 is 32.4 Å². The van der Waals surface area contributed by atoms with Gasteiger partial charge in [-0.05, 0) is 29.7 Å². The number of thiophene rings is 1. The van der Waals surface area contributed by atoms with E-state index in [0.29, 0.717) is 0 Å². The summed E-state index contributed by atoms with van der Waals surface area (Å²) in [7, 11) is 0. The second-order valence-electron chi connectivity index (χ2n) is 8.66. The fourth-order valence-corrected chi connectivity index (χ4v) is 4.35. The monoisotopic (exact) mass is 364 g/mol. The molecule has 0 bridgehead atoms. The summed E-state index contributed by atoms with van der Waals surface area (Å²) < 4.78 is 7.39. The zero-order chi connectivity index (χ0) is 18.5. The lowest BCUT2D eigenvalue weighted by Gasteiger charge is -2.21. The van der Waals surface area contributed by atoms with E-state index in [9.17, 15) is 0 Å². The molecule has 4 aromatic rings. The molecule has 4 heteroatoms. The number of hydrogen-bond donors (Lipinski definition) is 0. The summed E-state index contributed by atoms with van der Waals surface area (Å²) in [5.74, 6) is 0.976. The van der Waals surface area contributed by atoms with Gasteiger partial charge in [-0.25, -0.2) is 0 Å². The second kappa shape index (κ2) is 5.92. The summed E-state index contributed by atoms with van der Waals surface area (Å²) in [6.07, 6.45) is 6.46. The van der Waals surface area contributed by atoms with Gasteiger partial charge in [-0.2, -0.15) is 0 Å². The van der Waals surface area contributed by atoms with Gasteiger partial charge in [0.15, 0.2) is 0 Å². The molecule has 0 amide bonds. The Morgan fingerprint density at radius 3 is 2.54 bits per heavy atom. The van der Waals surface area contributed by atoms with Crippen LogP contribution in [-0.4, -0.2) is 9.97 Å². The third-order valence-electron chi connectivity index (χ3n) is 4.80. The van der Waals surface area contributed by atoms with Crippen LogP contribution in [0.5, 0.6) is 0 Å². The molecule has 4 aromatic heterocycles. The molecule has 0 aliphatic carbocycles. The van der Waals surface area contributed by atoms with E-state index in [1.54, 1.807) is 6.20 Å². The van der Waals surface area contributed by atoms with E-state index in [4.69, 9.17) is 9.40 Å². The van der Waals surface area contributed by atoms with Crippen molar-refractivity contribution < 1.29 is 4.42 Å². The van der Waals surface area contributed by atoms with E-state index in [1.807, 2.05) is 29.8 Å². The number of aromatic nitrogens is 2. The average Bonchev–Trinajstić information content (AvgIpc) is 3.18. The maximum absolute atomic E-state index is 6.08. The Hall–Kier alpha value is -2.20. The molecule has 0 fully saturated rings. The van der Waals surface area contributed by atoms with Crippen molar-refractivity contribution in [1.29, 1.82) is 0 Å². The van der Waals surface area contributed by atoms with Crippen LogP contribution in [0.2, 0.25) is 0 Å². The minimum atomic E-state index is -0.135. The van der Waals surface area contributed by atoms with Crippen LogP contribution < -0.4 is 0 Å². The number of fused-ring (bicyclic) bond motifs is 2. The summed E-state index contributed by atoms with van der Waals surface area (Å²) in [6.45, 7) is 11.2. The zero-order valence-corrected chi connectivity index (χ0v) is 16.8. The van der Waals surface area contributed by atoms with Gasteiger partial charge in [0.05, 0.1) is 0 Å². The van der Waals surface area contributed by atoms with E-state index in [1.165, 1.54) is 15.0 Å². The van der Waals surface area contributed by atoms with Crippen LogP contribution in [0.15, 0.2) is 47.3 Å². The summed E-state index contributed by atoms with van der Waals surface area (Å²) in [4.78, 5) is 10.3. The predicted octanol–water partition coefficient (Wildman–Crippen LogP) is 6.26. The first-order valence-electron chi connectivity index (χ1n) is 8.95. The zero-order valence-electron chi connectivity index (χ0n) is 16.0. The first-order valence-corrected chi connectivity index (χ1v) is 9.77. The molecule has 0 atom stereocenters. The molecule has 4 heterocycles. The van der Waals surface area contributed by atoms with Crippen molar-refractivity contribution in [1.82, 2.24) is 9.97 Å². The van der Waals surface area contributed by atoms with E-state index in [0.717, 1.165) is 28.8 Å². The van der Waals surface area contributed by atoms with Crippen LogP contribution in [0.1, 0.15) is 51.0 Å². The van der Waals surface area contributed by atoms with Gasteiger partial charge in [0, 0.05) is 56.5 Å². The number of rotatable bonds is 3. The minimum Gasteiger partial charge on any atom is -0.460 e. The van der Waals surface area contributed by atoms with Crippen molar-refractivity contribution in [2.75, 3.05) is 0 Å². The Bertz CT molecular complexity index is 1050. The molecule has 26 heavy (non-hydrogen) atoms. The highest BCUT2D eigenvalue weighted by Gasteiger charge is 2.26. The topological polar surface area (TPSA) is 38.9 Å². The fourth-order valence-electron chi connectivity index (χ4n) is 3.20. The normalized spacial score (nSPS) is 13.0. The molecular weight excluding hydrogens is 340 g/mol. The third kappa shape index (κ3) is 3.14. The number of furan rings is 1. The first kappa shape index (κ1) is 17.2. The van der Waals surface area contributed by atoms with E-state index < -0.39 is 0 Å². The molecule has 0 radical (unpaired) electrons. The van der Waals surface area contributed by atoms with E-state index >= 15 is 0 Å². The first-order chi connectivity index (χ1) is 12.2. The molecule has 0 saturated carbocycles. The number of nitrogens with zero attached hydrogens (tertiary/aromatic N) is 2. The molecule has 0 saturated heterocycles. The lowest BCUT2D eigenvalue weighted by molar-refractivity contribution is 0.396. The van der Waals surface area contributed by atoms with Gasteiger partial charge in [0.1, 0.15) is 11.3 Å². The molecule has 134 valence electrons. The van der Waals surface area contributed by atoms with Crippen LogP contribution in [0.4, 0.5) is 0 Å². The molecule has 3 nitrogen and oxygen atoms in total. The molecule has 0 aliphatic heterocycles. The highest BCUT2D eigenvalue weighted by atomic mass is 32.1. The molecule has 0 unspecified atom stereocenters. The highest BCUT2D eigenvalue weighted by molar-refractivity contribution is 7.19. The smallest absolute Gasteiger partial charge is 0.137 e. The molecule has 0 spiro atoms. The SMILES string of the molecule is CC(C)(C)c1cc2cnc(CC(C)(C)c3cc4cnccc4o3)cc2s1. The van der Waals surface area contributed by atoms with Gasteiger partial charge >= 0.3 is 0 Å². The van der Waals surface area contributed by atoms with Gasteiger partial charge in [-0.3, -0.25) is 9.97 Å². The Labute approximate surface area is 158 Å². The maximum Gasteiger partial charge on any atom is 0.137 e. The standard InChI is InChI=1S/C22H24N2OS/c1-21(2,3)20-9-15-13-24-16(10-18(15)26-20)11-22(4,5)19-8-14-12-23-7-6-17(14)25-19/h6-10,12-13H,11H2,1-5H3. The molecule has 0 aliphatic rings. The quantitative estimate of drug-likeness (QED) is 0.431. The van der Waals surface area contributed by atoms with E-state index in [-0.39, 0.29) is 10.8 Å². The molecule has 0 N–H and O–H groups in total. The predicted molar refractivity (Wildman–Crippen MR) is 109 cm³/mol. The number of hydrogen-bond acceptors (Lipinski definition) is 4. The second-order valence-corrected chi connectivity index (χ2v) is 9.74. The Morgan fingerprint density at radius 2 is 1.81 bits per heavy atom.